The minimum atomic E-state index is -3.10. The fourth-order valence-corrected chi connectivity index (χ4v) is 5.09. The van der Waals surface area contributed by atoms with Crippen molar-refractivity contribution >= 4 is 29.1 Å². The van der Waals surface area contributed by atoms with Gasteiger partial charge in [0.25, 0.3) is 5.91 Å². The molecule has 210 valence electrons. The van der Waals surface area contributed by atoms with E-state index < -0.39 is 12.5 Å². The van der Waals surface area contributed by atoms with Gasteiger partial charge in [-0.1, -0.05) is 24.3 Å². The molecule has 0 radical (unpaired) electrons. The van der Waals surface area contributed by atoms with Crippen molar-refractivity contribution in [2.24, 2.45) is 11.1 Å². The van der Waals surface area contributed by atoms with Crippen molar-refractivity contribution in [1.29, 1.82) is 0 Å². The van der Waals surface area contributed by atoms with E-state index in [4.69, 9.17) is 17.3 Å². The lowest BCUT2D eigenvalue weighted by molar-refractivity contribution is -0.147. The highest BCUT2D eigenvalue weighted by Crippen LogP contribution is 2.41. The number of alkyl halides is 2. The summed E-state index contributed by atoms with van der Waals surface area (Å²) in [6.45, 7) is 3.81. The summed E-state index contributed by atoms with van der Waals surface area (Å²) in [5.74, 6) is -0.860. The van der Waals surface area contributed by atoms with Crippen LogP contribution in [0.25, 0.3) is 11.3 Å². The van der Waals surface area contributed by atoms with Crippen molar-refractivity contribution in [2.45, 2.75) is 26.0 Å². The number of rotatable bonds is 9. The zero-order valence-corrected chi connectivity index (χ0v) is 22.6. The number of ether oxygens (including phenoxy) is 1. The molecule has 0 atom stereocenters. The van der Waals surface area contributed by atoms with E-state index in [2.05, 4.69) is 39.0 Å². The number of benzene rings is 1. The molecule has 2 amide bonds. The van der Waals surface area contributed by atoms with Gasteiger partial charge in [0, 0.05) is 42.3 Å². The Morgan fingerprint density at radius 1 is 1.31 bits per heavy atom. The molecule has 2 aliphatic heterocycles. The summed E-state index contributed by atoms with van der Waals surface area (Å²) in [6.07, 6.45) is 4.83. The standard InChI is InChI=1S/C26H32ClF2N7O3/c1-4-17(23(30)31-2)24(38)32-19-12-36(13-21(37)35-14-26(15-35)7-9-34(3)10-8-26)33-22(19)18-11-16(27)5-6-20(18)39-25(28)29/h4-6,11-12,25,31H,1,7-10,13-15,30H2,2-3H3,(H,32,38)/b23-17-. The van der Waals surface area contributed by atoms with E-state index in [1.807, 2.05) is 0 Å². The number of nitrogens with two attached hydrogens (primary N) is 1. The summed E-state index contributed by atoms with van der Waals surface area (Å²) in [5, 5.41) is 10.1. The quantitative estimate of drug-likeness (QED) is 0.317. The number of aromatic nitrogens is 2. The second-order valence-corrected chi connectivity index (χ2v) is 10.3. The van der Waals surface area contributed by atoms with Gasteiger partial charge in [0.15, 0.2) is 0 Å². The highest BCUT2D eigenvalue weighted by atomic mass is 35.5. The summed E-state index contributed by atoms with van der Waals surface area (Å²) in [4.78, 5) is 30.2. The maximum absolute atomic E-state index is 13.1. The van der Waals surface area contributed by atoms with Crippen LogP contribution in [0.3, 0.4) is 0 Å². The predicted octanol–water partition coefficient (Wildman–Crippen LogP) is 2.87. The van der Waals surface area contributed by atoms with Gasteiger partial charge in [0.2, 0.25) is 5.91 Å². The molecule has 1 aromatic carbocycles. The highest BCUT2D eigenvalue weighted by Gasteiger charge is 2.46. The van der Waals surface area contributed by atoms with Gasteiger partial charge in [-0.2, -0.15) is 13.9 Å². The average Bonchev–Trinajstić information content (AvgIpc) is 3.25. The van der Waals surface area contributed by atoms with Crippen LogP contribution >= 0.6 is 11.6 Å². The molecule has 39 heavy (non-hydrogen) atoms. The maximum Gasteiger partial charge on any atom is 0.387 e. The summed E-state index contributed by atoms with van der Waals surface area (Å²) >= 11 is 6.16. The van der Waals surface area contributed by atoms with Gasteiger partial charge in [-0.05, 0) is 51.2 Å². The molecular formula is C26H32ClF2N7O3. The smallest absolute Gasteiger partial charge is 0.387 e. The normalized spacial score (nSPS) is 17.4. The van der Waals surface area contributed by atoms with E-state index in [9.17, 15) is 18.4 Å². The number of anilines is 1. The van der Waals surface area contributed by atoms with Crippen LogP contribution in [-0.4, -0.2) is 78.3 Å². The van der Waals surface area contributed by atoms with Crippen molar-refractivity contribution in [3.05, 3.63) is 53.5 Å². The third kappa shape index (κ3) is 6.34. The number of hydrogen-bond acceptors (Lipinski definition) is 7. The Kier molecular flexibility index (Phi) is 8.45. The Labute approximate surface area is 230 Å². The monoisotopic (exact) mass is 563 g/mol. The van der Waals surface area contributed by atoms with Gasteiger partial charge in [0.05, 0.1) is 11.3 Å². The Bertz CT molecular complexity index is 1280. The van der Waals surface area contributed by atoms with Gasteiger partial charge in [-0.25, -0.2) is 0 Å². The molecule has 0 aliphatic carbocycles. The fraction of sp³-hybridized carbons (Fsp3) is 0.423. The Morgan fingerprint density at radius 2 is 2.00 bits per heavy atom. The van der Waals surface area contributed by atoms with E-state index in [1.165, 1.54) is 35.2 Å². The number of hydrogen-bond donors (Lipinski definition) is 3. The van der Waals surface area contributed by atoms with Crippen molar-refractivity contribution in [1.82, 2.24) is 24.9 Å². The third-order valence-electron chi connectivity index (χ3n) is 7.18. The topological polar surface area (TPSA) is 118 Å². The molecule has 2 fully saturated rings. The summed E-state index contributed by atoms with van der Waals surface area (Å²) in [6, 6.07) is 4.08. The number of nitrogens with zero attached hydrogens (tertiary/aromatic N) is 4. The van der Waals surface area contributed by atoms with Gasteiger partial charge in [-0.3, -0.25) is 14.3 Å². The Hall–Kier alpha value is -3.64. The van der Waals surface area contributed by atoms with Crippen LogP contribution in [0.1, 0.15) is 12.8 Å². The molecular weight excluding hydrogens is 532 g/mol. The second kappa shape index (κ2) is 11.6. The molecule has 3 heterocycles. The molecule has 2 saturated heterocycles. The first kappa shape index (κ1) is 28.4. The molecule has 4 rings (SSSR count). The zero-order valence-electron chi connectivity index (χ0n) is 21.8. The number of likely N-dealkylation sites (tertiary alicyclic amines) is 2. The fourth-order valence-electron chi connectivity index (χ4n) is 4.92. The zero-order chi connectivity index (χ0) is 28.3. The third-order valence-corrected chi connectivity index (χ3v) is 7.42. The molecule has 10 nitrogen and oxygen atoms in total. The minimum Gasteiger partial charge on any atom is -0.434 e. The number of carbonyl (C=O) groups excluding carboxylic acids is 2. The number of nitrogens with one attached hydrogen (secondary N) is 2. The summed E-state index contributed by atoms with van der Waals surface area (Å²) in [7, 11) is 3.64. The molecule has 0 saturated carbocycles. The predicted molar refractivity (Wildman–Crippen MR) is 144 cm³/mol. The lowest BCUT2D eigenvalue weighted by atomic mass is 9.72. The van der Waals surface area contributed by atoms with Gasteiger partial charge >= 0.3 is 6.61 Å². The lowest BCUT2D eigenvalue weighted by Crippen LogP contribution is -2.62. The van der Waals surface area contributed by atoms with E-state index in [-0.39, 0.29) is 57.0 Å². The molecule has 2 aromatic rings. The van der Waals surface area contributed by atoms with Crippen LogP contribution in [0, 0.1) is 5.41 Å². The Balaban J connectivity index is 1.62. The van der Waals surface area contributed by atoms with Crippen LogP contribution < -0.4 is 21.1 Å². The van der Waals surface area contributed by atoms with E-state index in [0.29, 0.717) is 13.1 Å². The van der Waals surface area contributed by atoms with Gasteiger partial charge < -0.3 is 30.9 Å². The summed E-state index contributed by atoms with van der Waals surface area (Å²) in [5.41, 5.74) is 6.45. The van der Waals surface area contributed by atoms with Crippen LogP contribution in [-0.2, 0) is 16.1 Å². The van der Waals surface area contributed by atoms with Crippen molar-refractivity contribution in [3.63, 3.8) is 0 Å². The van der Waals surface area contributed by atoms with Crippen LogP contribution in [0.2, 0.25) is 5.02 Å². The van der Waals surface area contributed by atoms with Crippen molar-refractivity contribution in [2.75, 3.05) is 45.6 Å². The van der Waals surface area contributed by atoms with Crippen molar-refractivity contribution in [3.8, 4) is 17.0 Å². The van der Waals surface area contributed by atoms with Crippen LogP contribution in [0.5, 0.6) is 5.75 Å². The second-order valence-electron chi connectivity index (χ2n) is 9.90. The summed E-state index contributed by atoms with van der Waals surface area (Å²) < 4.78 is 32.3. The average molecular weight is 564 g/mol. The molecule has 13 heteroatoms. The highest BCUT2D eigenvalue weighted by molar-refractivity contribution is 6.31. The number of halogens is 3. The molecule has 0 unspecified atom stereocenters. The first-order valence-electron chi connectivity index (χ1n) is 12.4. The number of piperidine rings is 1. The SMILES string of the molecule is C=C/C(C(=O)Nc1cn(CC(=O)N2CC3(CCN(C)CC3)C2)nc1-c1cc(Cl)ccc1OC(F)F)=C(\N)NC. The molecule has 0 bridgehead atoms. The van der Waals surface area contributed by atoms with Gasteiger partial charge in [0.1, 0.15) is 23.8 Å². The van der Waals surface area contributed by atoms with E-state index in [0.717, 1.165) is 25.9 Å². The molecule has 2 aliphatic rings. The molecule has 1 spiro atoms. The first-order chi connectivity index (χ1) is 18.5. The van der Waals surface area contributed by atoms with E-state index >= 15 is 0 Å². The lowest BCUT2D eigenvalue weighted by Gasteiger charge is -2.53. The van der Waals surface area contributed by atoms with Gasteiger partial charge in [-0.15, -0.1) is 0 Å². The number of carbonyl (C=O) groups is 2. The van der Waals surface area contributed by atoms with E-state index in [1.54, 1.807) is 11.9 Å². The first-order valence-corrected chi connectivity index (χ1v) is 12.8. The van der Waals surface area contributed by atoms with Crippen LogP contribution in [0.15, 0.2) is 48.4 Å². The Morgan fingerprint density at radius 3 is 2.62 bits per heavy atom. The van der Waals surface area contributed by atoms with Crippen LogP contribution in [0.4, 0.5) is 14.5 Å². The maximum atomic E-state index is 13.1. The molecule has 1 aromatic heterocycles. The number of amides is 2. The largest absolute Gasteiger partial charge is 0.434 e. The molecule has 4 N–H and O–H groups in total. The minimum absolute atomic E-state index is 0.0615. The van der Waals surface area contributed by atoms with Crippen molar-refractivity contribution < 1.29 is 23.1 Å².